The van der Waals surface area contributed by atoms with Gasteiger partial charge in [-0.2, -0.15) is 25.3 Å². The quantitative estimate of drug-likeness (QED) is 0.0456. The van der Waals surface area contributed by atoms with Crippen LogP contribution in [0, 0.1) is 0 Å². The van der Waals surface area contributed by atoms with E-state index in [1.807, 2.05) is 0 Å². The Morgan fingerprint density at radius 1 is 0.472 bits per heavy atom. The molecule has 18 nitrogen and oxygen atoms in total. The van der Waals surface area contributed by atoms with Gasteiger partial charge in [-0.05, 0) is 88.6 Å². The minimum absolute atomic E-state index is 0.0369. The van der Waals surface area contributed by atoms with E-state index in [1.54, 1.807) is 0 Å². The van der Waals surface area contributed by atoms with Crippen LogP contribution in [0.25, 0.3) is 32.7 Å². The van der Waals surface area contributed by atoms with Gasteiger partial charge in [-0.15, -0.1) is 20.5 Å². The number of nitrogen functional groups attached to an aromatic ring is 1. The zero-order chi connectivity index (χ0) is 38.6. The summed E-state index contributed by atoms with van der Waals surface area (Å²) >= 11 is 0. The van der Waals surface area contributed by atoms with Crippen molar-refractivity contribution in [3.63, 3.8) is 0 Å². The van der Waals surface area contributed by atoms with Gasteiger partial charge in [0.15, 0.2) is 11.5 Å². The van der Waals surface area contributed by atoms with E-state index < -0.39 is 79.4 Å². The number of azo groups is 2. The van der Waals surface area contributed by atoms with Gasteiger partial charge < -0.3 is 26.2 Å². The minimum atomic E-state index is -5.06. The zero-order valence-electron chi connectivity index (χ0n) is 26.3. The first-order valence-electron chi connectivity index (χ1n) is 14.5. The van der Waals surface area contributed by atoms with Crippen molar-refractivity contribution in [1.29, 1.82) is 0 Å². The van der Waals surface area contributed by atoms with E-state index in [0.717, 1.165) is 30.3 Å². The number of nitrogens with two attached hydrogens (primary N) is 1. The maximum Gasteiger partial charge on any atom is 0.298 e. The summed E-state index contributed by atoms with van der Waals surface area (Å²) in [4.78, 5) is -2.41. The normalized spacial score (nSPS) is 12.7. The van der Waals surface area contributed by atoms with Gasteiger partial charge in [-0.1, -0.05) is 18.2 Å². The molecule has 6 aromatic rings. The van der Waals surface area contributed by atoms with E-state index in [2.05, 4.69) is 20.5 Å². The molecule has 0 fully saturated rings. The van der Waals surface area contributed by atoms with Crippen molar-refractivity contribution in [2.75, 3.05) is 5.73 Å². The molecule has 0 heterocycles. The standard InChI is InChI=1S/C32H23N5O13S3/c33-19-3-5-22-17(9-19)13-27(52(45,46)47)30(31(22)40)37-35-24-8-2-16(12-26(24)39)15-1-7-23(25(38)11-15)34-36-29-21-6-4-20(51(42,43)44)10-18(21)14-28(32(29)41)53(48,49)50/h1-14,38-41H,33H2,(H,42,43,44)(H,45,46,47)(H,48,49,50). The molecule has 0 saturated heterocycles. The molecular formula is C32H23N5O13S3. The number of hydrogen-bond donors (Lipinski definition) is 8. The van der Waals surface area contributed by atoms with Crippen molar-refractivity contribution in [1.82, 2.24) is 0 Å². The molecule has 0 spiro atoms. The molecule has 0 saturated carbocycles. The highest BCUT2D eigenvalue weighted by molar-refractivity contribution is 7.86. The third kappa shape index (κ3) is 7.28. The van der Waals surface area contributed by atoms with Crippen LogP contribution in [0.1, 0.15) is 0 Å². The zero-order valence-corrected chi connectivity index (χ0v) is 28.7. The van der Waals surface area contributed by atoms with E-state index in [0.29, 0.717) is 11.1 Å². The van der Waals surface area contributed by atoms with Gasteiger partial charge in [0.1, 0.15) is 44.0 Å². The van der Waals surface area contributed by atoms with Crippen molar-refractivity contribution in [2.24, 2.45) is 20.5 Å². The Morgan fingerprint density at radius 3 is 1.51 bits per heavy atom. The Kier molecular flexibility index (Phi) is 9.02. The number of hydrogen-bond acceptors (Lipinski definition) is 15. The second-order valence-corrected chi connectivity index (χ2v) is 15.4. The van der Waals surface area contributed by atoms with Gasteiger partial charge in [0, 0.05) is 16.5 Å². The van der Waals surface area contributed by atoms with Crippen LogP contribution in [0.5, 0.6) is 23.0 Å². The largest absolute Gasteiger partial charge is 0.506 e. The van der Waals surface area contributed by atoms with Crippen LogP contribution in [-0.4, -0.2) is 59.3 Å². The van der Waals surface area contributed by atoms with Gasteiger partial charge in [0.25, 0.3) is 30.4 Å². The summed E-state index contributed by atoms with van der Waals surface area (Å²) in [6.07, 6.45) is 0. The number of aromatic hydroxyl groups is 4. The Labute approximate surface area is 298 Å². The molecule has 0 atom stereocenters. The SMILES string of the molecule is Nc1ccc2c(O)c(N=Nc3ccc(-c4ccc(N=Nc5c(O)c(S(=O)(=O)O)cc6cc(S(=O)(=O)O)ccc56)c(O)c4)cc3O)c(S(=O)(=O)O)cc2c1. The van der Waals surface area contributed by atoms with E-state index >= 15 is 0 Å². The predicted octanol–water partition coefficient (Wildman–Crippen LogP) is 6.64. The number of phenols is 4. The Bertz CT molecular complexity index is 2930. The van der Waals surface area contributed by atoms with Crippen molar-refractivity contribution in [3.05, 3.63) is 84.9 Å². The van der Waals surface area contributed by atoms with E-state index in [4.69, 9.17) is 5.73 Å². The first-order chi connectivity index (χ1) is 24.7. The van der Waals surface area contributed by atoms with E-state index in [-0.39, 0.29) is 38.6 Å². The molecule has 0 aliphatic heterocycles. The summed E-state index contributed by atoms with van der Waals surface area (Å²) in [5, 5.41) is 58.3. The highest BCUT2D eigenvalue weighted by Gasteiger charge is 2.24. The van der Waals surface area contributed by atoms with Crippen LogP contribution in [0.2, 0.25) is 0 Å². The van der Waals surface area contributed by atoms with Gasteiger partial charge in [-0.25, -0.2) is 0 Å². The second-order valence-electron chi connectivity index (χ2n) is 11.2. The monoisotopic (exact) mass is 781 g/mol. The van der Waals surface area contributed by atoms with Crippen molar-refractivity contribution in [2.45, 2.75) is 14.7 Å². The Morgan fingerprint density at radius 2 is 0.981 bits per heavy atom. The fourth-order valence-corrected chi connectivity index (χ4v) is 7.02. The molecule has 0 bridgehead atoms. The smallest absolute Gasteiger partial charge is 0.298 e. The first kappa shape index (κ1) is 36.6. The molecule has 0 radical (unpaired) electrons. The van der Waals surface area contributed by atoms with Gasteiger partial charge in [0.05, 0.1) is 4.90 Å². The lowest BCUT2D eigenvalue weighted by atomic mass is 10.0. The van der Waals surface area contributed by atoms with Crippen molar-refractivity contribution < 1.29 is 59.3 Å². The molecular weight excluding hydrogens is 759 g/mol. The third-order valence-corrected chi connectivity index (χ3v) is 10.3. The average molecular weight is 782 g/mol. The first-order valence-corrected chi connectivity index (χ1v) is 18.8. The summed E-state index contributed by atoms with van der Waals surface area (Å²) in [5.74, 6) is -2.61. The number of anilines is 1. The van der Waals surface area contributed by atoms with Crippen molar-refractivity contribution in [3.8, 4) is 34.1 Å². The molecule has 272 valence electrons. The van der Waals surface area contributed by atoms with Crippen LogP contribution >= 0.6 is 0 Å². The topological polar surface area (TPSA) is 319 Å². The van der Waals surface area contributed by atoms with Crippen molar-refractivity contribution >= 4 is 80.3 Å². The Hall–Kier alpha value is -6.23. The molecule has 0 amide bonds. The van der Waals surface area contributed by atoms with Crippen LogP contribution in [0.4, 0.5) is 28.4 Å². The number of fused-ring (bicyclic) bond motifs is 2. The summed E-state index contributed by atoms with van der Waals surface area (Å²) in [5.41, 5.74) is 5.15. The average Bonchev–Trinajstić information content (AvgIpc) is 3.06. The van der Waals surface area contributed by atoms with Crippen LogP contribution in [-0.2, 0) is 30.4 Å². The van der Waals surface area contributed by atoms with E-state index in [9.17, 15) is 59.3 Å². The fraction of sp³-hybridized carbons (Fsp3) is 0. The van der Waals surface area contributed by atoms with Crippen LogP contribution in [0.3, 0.4) is 0 Å². The molecule has 0 aromatic heterocycles. The molecule has 0 aliphatic rings. The fourth-order valence-electron chi connectivity index (χ4n) is 5.23. The summed E-state index contributed by atoms with van der Waals surface area (Å²) in [6.45, 7) is 0. The van der Waals surface area contributed by atoms with Gasteiger partial charge in [-0.3, -0.25) is 13.7 Å². The maximum absolute atomic E-state index is 12.1. The minimum Gasteiger partial charge on any atom is -0.506 e. The summed E-state index contributed by atoms with van der Waals surface area (Å²) < 4.78 is 100. The van der Waals surface area contributed by atoms with Crippen LogP contribution < -0.4 is 5.73 Å². The number of nitrogens with zero attached hydrogens (tertiary/aromatic N) is 4. The molecule has 0 aliphatic carbocycles. The molecule has 6 aromatic carbocycles. The molecule has 0 unspecified atom stereocenters. The predicted molar refractivity (Wildman–Crippen MR) is 189 cm³/mol. The molecule has 9 N–H and O–H groups in total. The maximum atomic E-state index is 12.1. The van der Waals surface area contributed by atoms with Gasteiger partial charge in [0.2, 0.25) is 0 Å². The molecule has 6 rings (SSSR count). The van der Waals surface area contributed by atoms with Crippen LogP contribution in [0.15, 0.2) is 120 Å². The highest BCUT2D eigenvalue weighted by Crippen LogP contribution is 2.45. The molecule has 53 heavy (non-hydrogen) atoms. The molecule has 21 heteroatoms. The lowest BCUT2D eigenvalue weighted by Gasteiger charge is -2.10. The van der Waals surface area contributed by atoms with Gasteiger partial charge >= 0.3 is 0 Å². The third-order valence-electron chi connectivity index (χ3n) is 7.75. The summed E-state index contributed by atoms with van der Waals surface area (Å²) in [6, 6.07) is 16.9. The lowest BCUT2D eigenvalue weighted by molar-refractivity contribution is 0.444. The van der Waals surface area contributed by atoms with E-state index in [1.165, 1.54) is 54.6 Å². The number of rotatable bonds is 8. The second kappa shape index (κ2) is 13.1. The Balaban J connectivity index is 1.32. The summed E-state index contributed by atoms with van der Waals surface area (Å²) in [7, 11) is -14.7. The number of benzene rings is 6. The highest BCUT2D eigenvalue weighted by atomic mass is 32.2. The lowest BCUT2D eigenvalue weighted by Crippen LogP contribution is -2.00. The number of phenolic OH excluding ortho intramolecular Hbond substituents is 4.